The topological polar surface area (TPSA) is 55.4 Å². The van der Waals surface area contributed by atoms with Gasteiger partial charge in [-0.25, -0.2) is 0 Å². The minimum absolute atomic E-state index is 1.53. The Morgan fingerprint density at radius 1 is 0.632 bits per heavy atom. The van der Waals surface area contributed by atoms with Crippen LogP contribution >= 0.6 is 10.7 Å². The SMILES string of the molecule is C[SiH]1O[SiH](C)O[Si](C)(S[Si]2(C)O[SiH](C)O[SiH](C)O2)O1. The van der Waals surface area contributed by atoms with E-state index in [-0.39, 0.29) is 0 Å². The Labute approximate surface area is 127 Å². The largest absolute Gasteiger partial charge is 0.420 e. The van der Waals surface area contributed by atoms with Gasteiger partial charge in [0.2, 0.25) is 0 Å². The van der Waals surface area contributed by atoms with Crippen molar-refractivity contribution >= 4 is 63.2 Å². The molecular formula is C6H22O6SSi6. The predicted molar refractivity (Wildman–Crippen MR) is 89.4 cm³/mol. The molecule has 2 aliphatic heterocycles. The van der Waals surface area contributed by atoms with Crippen molar-refractivity contribution in [3.63, 3.8) is 0 Å². The van der Waals surface area contributed by atoms with E-state index in [2.05, 4.69) is 39.3 Å². The fraction of sp³-hybridized carbons (Fsp3) is 1.00. The van der Waals surface area contributed by atoms with Crippen LogP contribution in [-0.2, 0) is 24.7 Å². The Kier molecular flexibility index (Phi) is 5.53. The van der Waals surface area contributed by atoms with E-state index in [1.54, 1.807) is 10.7 Å². The molecule has 2 rings (SSSR count). The van der Waals surface area contributed by atoms with Crippen LogP contribution in [-0.4, -0.2) is 52.6 Å². The van der Waals surface area contributed by atoms with Crippen LogP contribution in [0.1, 0.15) is 0 Å². The fourth-order valence-corrected chi connectivity index (χ4v) is 42.0. The highest BCUT2D eigenvalue weighted by Gasteiger charge is 2.53. The molecule has 2 saturated heterocycles. The van der Waals surface area contributed by atoms with Crippen molar-refractivity contribution in [2.24, 2.45) is 0 Å². The first-order chi connectivity index (χ1) is 8.70. The third kappa shape index (κ3) is 4.69. The summed E-state index contributed by atoms with van der Waals surface area (Å²) in [5.41, 5.74) is 0. The summed E-state index contributed by atoms with van der Waals surface area (Å²) in [6, 6.07) is 0. The summed E-state index contributed by atoms with van der Waals surface area (Å²) in [4.78, 5) is 0. The third-order valence-corrected chi connectivity index (χ3v) is 34.1. The smallest absolute Gasteiger partial charge is 0.383 e. The Morgan fingerprint density at radius 2 is 0.895 bits per heavy atom. The van der Waals surface area contributed by atoms with Crippen molar-refractivity contribution in [2.45, 2.75) is 39.3 Å². The van der Waals surface area contributed by atoms with Crippen molar-refractivity contribution < 1.29 is 24.7 Å². The Bertz CT molecular complexity index is 287. The molecule has 0 saturated carbocycles. The minimum atomic E-state index is -2.27. The van der Waals surface area contributed by atoms with E-state index < -0.39 is 52.6 Å². The lowest BCUT2D eigenvalue weighted by Gasteiger charge is -2.44. The van der Waals surface area contributed by atoms with E-state index in [4.69, 9.17) is 24.7 Å². The van der Waals surface area contributed by atoms with Gasteiger partial charge in [-0.15, -0.1) is 0 Å². The van der Waals surface area contributed by atoms with E-state index in [0.717, 1.165) is 0 Å². The number of rotatable bonds is 2. The molecule has 0 aliphatic carbocycles. The summed E-state index contributed by atoms with van der Waals surface area (Å²) < 4.78 is 35.8. The molecule has 0 radical (unpaired) electrons. The highest BCUT2D eigenvalue weighted by atomic mass is 32.5. The van der Waals surface area contributed by atoms with Crippen LogP contribution in [0, 0.1) is 0 Å². The molecule has 2 heterocycles. The van der Waals surface area contributed by atoms with Crippen molar-refractivity contribution in [1.29, 1.82) is 0 Å². The van der Waals surface area contributed by atoms with Gasteiger partial charge in [-0.05, 0) is 39.3 Å². The maximum Gasteiger partial charge on any atom is 0.383 e. The van der Waals surface area contributed by atoms with Crippen molar-refractivity contribution in [3.8, 4) is 0 Å². The molecule has 4 atom stereocenters. The van der Waals surface area contributed by atoms with Gasteiger partial charge in [0, 0.05) is 0 Å². The molecule has 13 heteroatoms. The monoisotopic (exact) mass is 390 g/mol. The van der Waals surface area contributed by atoms with Gasteiger partial charge in [-0.2, -0.15) is 0 Å². The van der Waals surface area contributed by atoms with Gasteiger partial charge in [-0.3, -0.25) is 0 Å². The molecule has 0 amide bonds. The Hall–Kier alpha value is 1.41. The first-order valence-electron chi connectivity index (χ1n) is 6.42. The van der Waals surface area contributed by atoms with Gasteiger partial charge >= 0.3 is 52.6 Å². The average Bonchev–Trinajstić information content (AvgIpc) is 2.08. The van der Waals surface area contributed by atoms with E-state index >= 15 is 0 Å². The first-order valence-corrected chi connectivity index (χ1v) is 21.7. The van der Waals surface area contributed by atoms with Crippen LogP contribution in [0.4, 0.5) is 0 Å². The molecule has 6 nitrogen and oxygen atoms in total. The predicted octanol–water partition coefficient (Wildman–Crippen LogP) is 0.385. The standard InChI is InChI=1S/C6H22O6SSi6/c1-14-7-15(2)10-18(5,9-14)13-19(6)11-16(3)8-17(4)12-19/h14-17H,1-6H3. The average molecular weight is 391 g/mol. The Balaban J connectivity index is 2.05. The molecular weight excluding hydrogens is 369 g/mol. The fourth-order valence-electron chi connectivity index (χ4n) is 2.35. The molecule has 0 aromatic carbocycles. The molecule has 2 aliphatic rings. The summed E-state index contributed by atoms with van der Waals surface area (Å²) in [5, 5.41) is 0. The van der Waals surface area contributed by atoms with Crippen molar-refractivity contribution in [1.82, 2.24) is 0 Å². The highest BCUT2D eigenvalue weighted by molar-refractivity contribution is 8.48. The second-order valence-electron chi connectivity index (χ2n) is 4.84. The van der Waals surface area contributed by atoms with E-state index in [0.29, 0.717) is 0 Å². The second kappa shape index (κ2) is 6.26. The summed E-state index contributed by atoms with van der Waals surface area (Å²) in [5.74, 6) is 0. The molecule has 0 spiro atoms. The zero-order valence-electron chi connectivity index (χ0n) is 12.2. The molecule has 4 unspecified atom stereocenters. The van der Waals surface area contributed by atoms with Gasteiger partial charge in [-0.1, -0.05) is 10.7 Å². The van der Waals surface area contributed by atoms with Gasteiger partial charge in [0.05, 0.1) is 0 Å². The zero-order valence-corrected chi connectivity index (χ0v) is 19.6. The molecule has 19 heavy (non-hydrogen) atoms. The lowest BCUT2D eigenvalue weighted by atomic mass is 11.9. The molecule has 0 aromatic rings. The lowest BCUT2D eigenvalue weighted by molar-refractivity contribution is 0.283. The van der Waals surface area contributed by atoms with E-state index in [9.17, 15) is 0 Å². The third-order valence-electron chi connectivity index (χ3n) is 2.66. The van der Waals surface area contributed by atoms with Gasteiger partial charge in [0.1, 0.15) is 0 Å². The minimum Gasteiger partial charge on any atom is -0.420 e. The molecule has 112 valence electrons. The second-order valence-corrected chi connectivity index (χ2v) is 25.9. The summed E-state index contributed by atoms with van der Waals surface area (Å²) in [6.07, 6.45) is 0. The van der Waals surface area contributed by atoms with Gasteiger partial charge in [0.15, 0.2) is 0 Å². The van der Waals surface area contributed by atoms with Gasteiger partial charge in [0.25, 0.3) is 0 Å². The summed E-state index contributed by atoms with van der Waals surface area (Å²) in [7, 11) is -8.93. The van der Waals surface area contributed by atoms with Gasteiger partial charge < -0.3 is 24.7 Å². The summed E-state index contributed by atoms with van der Waals surface area (Å²) >= 11 is 0. The number of hydrogen-bond donors (Lipinski definition) is 0. The maximum atomic E-state index is 6.08. The lowest BCUT2D eigenvalue weighted by Crippen LogP contribution is -2.60. The normalized spacial score (nSPS) is 52.1. The zero-order chi connectivity index (χ0) is 14.3. The molecule has 0 N–H and O–H groups in total. The summed E-state index contributed by atoms with van der Waals surface area (Å²) in [6.45, 7) is 12.5. The maximum absolute atomic E-state index is 6.08. The van der Waals surface area contributed by atoms with E-state index in [1.165, 1.54) is 0 Å². The first kappa shape index (κ1) is 16.8. The number of hydrogen-bond acceptors (Lipinski definition) is 7. The van der Waals surface area contributed by atoms with E-state index in [1.807, 2.05) is 0 Å². The molecule has 0 aromatic heterocycles. The van der Waals surface area contributed by atoms with Crippen LogP contribution in [0.15, 0.2) is 0 Å². The van der Waals surface area contributed by atoms with Crippen LogP contribution < -0.4 is 0 Å². The highest BCUT2D eigenvalue weighted by Crippen LogP contribution is 2.39. The van der Waals surface area contributed by atoms with Crippen LogP contribution in [0.5, 0.6) is 0 Å². The Morgan fingerprint density at radius 3 is 1.16 bits per heavy atom. The van der Waals surface area contributed by atoms with Crippen LogP contribution in [0.3, 0.4) is 0 Å². The molecule has 0 bridgehead atoms. The molecule has 2 fully saturated rings. The quantitative estimate of drug-likeness (QED) is 0.632. The van der Waals surface area contributed by atoms with Crippen LogP contribution in [0.2, 0.25) is 39.3 Å². The van der Waals surface area contributed by atoms with Crippen molar-refractivity contribution in [2.75, 3.05) is 0 Å². The van der Waals surface area contributed by atoms with Crippen LogP contribution in [0.25, 0.3) is 0 Å². The van der Waals surface area contributed by atoms with Crippen molar-refractivity contribution in [3.05, 3.63) is 0 Å².